The molecule has 0 bridgehead atoms. The summed E-state index contributed by atoms with van der Waals surface area (Å²) in [4.78, 5) is 4.39. The number of hydrogen-bond donors (Lipinski definition) is 0. The van der Waals surface area contributed by atoms with Crippen molar-refractivity contribution in [1.82, 2.24) is 4.98 Å². The molecular formula is C14H16ClNO. The molecule has 0 radical (unpaired) electrons. The number of halogens is 1. The Labute approximate surface area is 107 Å². The van der Waals surface area contributed by atoms with Gasteiger partial charge in [-0.05, 0) is 44.0 Å². The van der Waals surface area contributed by atoms with Crippen molar-refractivity contribution < 1.29 is 4.74 Å². The van der Waals surface area contributed by atoms with Gasteiger partial charge in [0.2, 0.25) is 0 Å². The Balaban J connectivity index is 2.72. The maximum absolute atomic E-state index is 6.25. The molecule has 2 nitrogen and oxygen atoms in total. The van der Waals surface area contributed by atoms with Gasteiger partial charge in [0.1, 0.15) is 11.3 Å². The van der Waals surface area contributed by atoms with Gasteiger partial charge in [-0.1, -0.05) is 18.5 Å². The van der Waals surface area contributed by atoms with E-state index in [1.807, 2.05) is 32.0 Å². The zero-order valence-electron chi connectivity index (χ0n) is 10.3. The number of nitrogens with zero attached hydrogens (tertiary/aromatic N) is 1. The minimum Gasteiger partial charge on any atom is -0.488 e. The number of fused-ring (bicyclic) bond motifs is 1. The van der Waals surface area contributed by atoms with E-state index in [0.29, 0.717) is 0 Å². The van der Waals surface area contributed by atoms with E-state index in [9.17, 15) is 0 Å². The highest BCUT2D eigenvalue weighted by atomic mass is 35.5. The van der Waals surface area contributed by atoms with Crippen LogP contribution >= 0.6 is 11.6 Å². The summed E-state index contributed by atoms with van der Waals surface area (Å²) < 4.78 is 5.88. The zero-order chi connectivity index (χ0) is 12.4. The molecule has 2 aromatic rings. The van der Waals surface area contributed by atoms with Crippen LogP contribution in [0.25, 0.3) is 10.9 Å². The van der Waals surface area contributed by atoms with Gasteiger partial charge in [0.15, 0.2) is 0 Å². The molecule has 0 N–H and O–H groups in total. The monoisotopic (exact) mass is 249 g/mol. The van der Waals surface area contributed by atoms with Gasteiger partial charge in [-0.2, -0.15) is 0 Å². The van der Waals surface area contributed by atoms with E-state index in [1.54, 1.807) is 6.20 Å². The summed E-state index contributed by atoms with van der Waals surface area (Å²) in [7, 11) is 0. The molecule has 0 saturated heterocycles. The number of aryl methyl sites for hydroxylation is 1. The van der Waals surface area contributed by atoms with Crippen molar-refractivity contribution in [1.29, 1.82) is 0 Å². The first-order chi connectivity index (χ1) is 8.13. The summed E-state index contributed by atoms with van der Waals surface area (Å²) in [6, 6.07) is 5.83. The van der Waals surface area contributed by atoms with Crippen LogP contribution in [0.2, 0.25) is 5.02 Å². The zero-order valence-corrected chi connectivity index (χ0v) is 11.1. The molecule has 0 aliphatic carbocycles. The molecule has 3 heteroatoms. The normalized spacial score (nSPS) is 11.1. The fourth-order valence-corrected chi connectivity index (χ4v) is 2.14. The van der Waals surface area contributed by atoms with Crippen molar-refractivity contribution in [2.24, 2.45) is 0 Å². The minimum atomic E-state index is 0.131. The van der Waals surface area contributed by atoms with E-state index in [4.69, 9.17) is 16.3 Å². The summed E-state index contributed by atoms with van der Waals surface area (Å²) in [5.41, 5.74) is 1.96. The van der Waals surface area contributed by atoms with Crippen molar-refractivity contribution in [2.45, 2.75) is 33.3 Å². The molecule has 90 valence electrons. The highest BCUT2D eigenvalue weighted by molar-refractivity contribution is 6.35. The van der Waals surface area contributed by atoms with Gasteiger partial charge in [0.25, 0.3) is 0 Å². The summed E-state index contributed by atoms with van der Waals surface area (Å²) >= 11 is 6.25. The first-order valence-corrected chi connectivity index (χ1v) is 6.24. The van der Waals surface area contributed by atoms with Crippen LogP contribution in [0, 0.1) is 0 Å². The van der Waals surface area contributed by atoms with Crippen molar-refractivity contribution in [3.8, 4) is 5.75 Å². The standard InChI is InChI=1S/C14H16ClNO/c1-4-10-8-12(15)11-6-5-7-16-13(11)14(10)17-9(2)3/h5-9H,4H2,1-3H3. The molecule has 0 atom stereocenters. The second-order valence-corrected chi connectivity index (χ2v) is 4.67. The van der Waals surface area contributed by atoms with Crippen LogP contribution in [0.15, 0.2) is 24.4 Å². The lowest BCUT2D eigenvalue weighted by Gasteiger charge is -2.16. The van der Waals surface area contributed by atoms with E-state index < -0.39 is 0 Å². The Morgan fingerprint density at radius 3 is 2.82 bits per heavy atom. The van der Waals surface area contributed by atoms with Crippen LogP contribution in [0.5, 0.6) is 5.75 Å². The van der Waals surface area contributed by atoms with E-state index in [-0.39, 0.29) is 6.10 Å². The first-order valence-electron chi connectivity index (χ1n) is 5.86. The molecule has 1 aromatic heterocycles. The Morgan fingerprint density at radius 2 is 2.18 bits per heavy atom. The van der Waals surface area contributed by atoms with Gasteiger partial charge >= 0.3 is 0 Å². The molecule has 0 unspecified atom stereocenters. The third-order valence-electron chi connectivity index (χ3n) is 2.61. The van der Waals surface area contributed by atoms with Crippen LogP contribution in [0.4, 0.5) is 0 Å². The number of pyridine rings is 1. The average Bonchev–Trinajstić information content (AvgIpc) is 2.32. The number of ether oxygens (including phenoxy) is 1. The highest BCUT2D eigenvalue weighted by Crippen LogP contribution is 2.34. The quantitative estimate of drug-likeness (QED) is 0.812. The maximum atomic E-state index is 6.25. The van der Waals surface area contributed by atoms with Crippen molar-refractivity contribution in [2.75, 3.05) is 0 Å². The molecule has 0 aliphatic heterocycles. The molecule has 2 rings (SSSR count). The number of aromatic nitrogens is 1. The Hall–Kier alpha value is -1.28. The molecule has 0 aliphatic rings. The summed E-state index contributed by atoms with van der Waals surface area (Å²) in [6.45, 7) is 6.12. The minimum absolute atomic E-state index is 0.131. The van der Waals surface area contributed by atoms with Crippen molar-refractivity contribution in [3.05, 3.63) is 35.0 Å². The average molecular weight is 250 g/mol. The number of hydrogen-bond acceptors (Lipinski definition) is 2. The molecule has 1 aromatic carbocycles. The SMILES string of the molecule is CCc1cc(Cl)c2cccnc2c1OC(C)C. The lowest BCUT2D eigenvalue weighted by Crippen LogP contribution is -2.08. The summed E-state index contributed by atoms with van der Waals surface area (Å²) in [5.74, 6) is 0.863. The lowest BCUT2D eigenvalue weighted by molar-refractivity contribution is 0.243. The van der Waals surface area contributed by atoms with Crippen LogP contribution in [-0.4, -0.2) is 11.1 Å². The third-order valence-corrected chi connectivity index (χ3v) is 2.92. The smallest absolute Gasteiger partial charge is 0.149 e. The molecular weight excluding hydrogens is 234 g/mol. The van der Waals surface area contributed by atoms with Crippen molar-refractivity contribution >= 4 is 22.5 Å². The van der Waals surface area contributed by atoms with Crippen LogP contribution in [0.1, 0.15) is 26.3 Å². The van der Waals surface area contributed by atoms with Gasteiger partial charge in [-0.15, -0.1) is 0 Å². The Bertz CT molecular complexity index is 537. The lowest BCUT2D eigenvalue weighted by atomic mass is 10.1. The molecule has 17 heavy (non-hydrogen) atoms. The van der Waals surface area contributed by atoms with Gasteiger partial charge < -0.3 is 4.74 Å². The topological polar surface area (TPSA) is 22.1 Å². The highest BCUT2D eigenvalue weighted by Gasteiger charge is 2.13. The summed E-state index contributed by atoms with van der Waals surface area (Å²) in [6.07, 6.45) is 2.78. The van der Waals surface area contributed by atoms with E-state index in [2.05, 4.69) is 11.9 Å². The van der Waals surface area contributed by atoms with E-state index >= 15 is 0 Å². The number of benzene rings is 1. The largest absolute Gasteiger partial charge is 0.488 e. The second-order valence-electron chi connectivity index (χ2n) is 4.27. The van der Waals surface area contributed by atoms with E-state index in [1.165, 1.54) is 0 Å². The third kappa shape index (κ3) is 2.37. The first kappa shape index (κ1) is 12.2. The van der Waals surface area contributed by atoms with E-state index in [0.717, 1.165) is 33.7 Å². The van der Waals surface area contributed by atoms with Gasteiger partial charge in [-0.25, -0.2) is 0 Å². The maximum Gasteiger partial charge on any atom is 0.149 e. The second kappa shape index (κ2) is 4.92. The molecule has 0 fully saturated rings. The predicted molar refractivity (Wildman–Crippen MR) is 71.9 cm³/mol. The van der Waals surface area contributed by atoms with Gasteiger partial charge in [0, 0.05) is 11.6 Å². The van der Waals surface area contributed by atoms with Crippen LogP contribution < -0.4 is 4.74 Å². The Kier molecular flexibility index (Phi) is 3.53. The molecule has 0 amide bonds. The van der Waals surface area contributed by atoms with Crippen LogP contribution in [0.3, 0.4) is 0 Å². The molecule has 0 spiro atoms. The van der Waals surface area contributed by atoms with Gasteiger partial charge in [-0.3, -0.25) is 4.98 Å². The predicted octanol–water partition coefficient (Wildman–Crippen LogP) is 4.24. The number of rotatable bonds is 3. The Morgan fingerprint density at radius 1 is 1.41 bits per heavy atom. The molecule has 1 heterocycles. The fourth-order valence-electron chi connectivity index (χ4n) is 1.86. The summed E-state index contributed by atoms with van der Waals surface area (Å²) in [5, 5.41) is 1.68. The molecule has 0 saturated carbocycles. The van der Waals surface area contributed by atoms with Crippen molar-refractivity contribution in [3.63, 3.8) is 0 Å². The fraction of sp³-hybridized carbons (Fsp3) is 0.357. The van der Waals surface area contributed by atoms with Gasteiger partial charge in [0.05, 0.1) is 11.1 Å². The van der Waals surface area contributed by atoms with Crippen LogP contribution in [-0.2, 0) is 6.42 Å².